The Labute approximate surface area is 95.3 Å². The van der Waals surface area contributed by atoms with Gasteiger partial charge >= 0.3 is 5.97 Å². The second kappa shape index (κ2) is 6.71. The predicted molar refractivity (Wildman–Crippen MR) is 62.2 cm³/mol. The lowest BCUT2D eigenvalue weighted by Crippen LogP contribution is -2.15. The van der Waals surface area contributed by atoms with Crippen molar-refractivity contribution in [1.82, 2.24) is 0 Å². The Kier molecular flexibility index (Phi) is 5.19. The number of esters is 1. The number of rotatable bonds is 6. The molecule has 4 nitrogen and oxygen atoms in total. The zero-order chi connectivity index (χ0) is 11.8. The van der Waals surface area contributed by atoms with Crippen LogP contribution in [0.25, 0.3) is 0 Å². The van der Waals surface area contributed by atoms with E-state index >= 15 is 0 Å². The lowest BCUT2D eigenvalue weighted by atomic mass is 10.3. The van der Waals surface area contributed by atoms with E-state index in [0.29, 0.717) is 18.0 Å². The van der Waals surface area contributed by atoms with E-state index in [1.807, 2.05) is 6.92 Å². The number of benzene rings is 1. The van der Waals surface area contributed by atoms with Gasteiger partial charge in [-0.2, -0.15) is 0 Å². The molecule has 0 saturated heterocycles. The fourth-order valence-corrected chi connectivity index (χ4v) is 1.08. The van der Waals surface area contributed by atoms with Crippen LogP contribution in [-0.4, -0.2) is 19.2 Å². The van der Waals surface area contributed by atoms with Gasteiger partial charge in [0.1, 0.15) is 5.75 Å². The van der Waals surface area contributed by atoms with Gasteiger partial charge in [0.15, 0.2) is 6.61 Å². The van der Waals surface area contributed by atoms with Crippen molar-refractivity contribution in [3.05, 3.63) is 24.3 Å². The summed E-state index contributed by atoms with van der Waals surface area (Å²) in [7, 11) is 0. The fourth-order valence-electron chi connectivity index (χ4n) is 1.08. The van der Waals surface area contributed by atoms with Gasteiger partial charge in [0.25, 0.3) is 0 Å². The Bertz CT molecular complexity index is 322. The van der Waals surface area contributed by atoms with Crippen LogP contribution in [0.1, 0.15) is 19.8 Å². The minimum atomic E-state index is -0.342. The van der Waals surface area contributed by atoms with E-state index in [0.717, 1.165) is 12.8 Å². The molecule has 88 valence electrons. The maximum Gasteiger partial charge on any atom is 0.344 e. The molecule has 0 spiro atoms. The highest BCUT2D eigenvalue weighted by Gasteiger charge is 2.03. The third kappa shape index (κ3) is 4.68. The number of carbonyl (C=O) groups is 1. The van der Waals surface area contributed by atoms with E-state index in [9.17, 15) is 4.79 Å². The Morgan fingerprint density at radius 1 is 1.31 bits per heavy atom. The Morgan fingerprint density at radius 3 is 2.62 bits per heavy atom. The summed E-state index contributed by atoms with van der Waals surface area (Å²) < 4.78 is 10.2. The highest BCUT2D eigenvalue weighted by atomic mass is 16.6. The van der Waals surface area contributed by atoms with E-state index in [1.54, 1.807) is 24.3 Å². The van der Waals surface area contributed by atoms with Gasteiger partial charge in [-0.15, -0.1) is 0 Å². The zero-order valence-electron chi connectivity index (χ0n) is 9.44. The quantitative estimate of drug-likeness (QED) is 0.455. The molecular weight excluding hydrogens is 206 g/mol. The van der Waals surface area contributed by atoms with Crippen molar-refractivity contribution < 1.29 is 14.3 Å². The van der Waals surface area contributed by atoms with E-state index in [2.05, 4.69) is 0 Å². The molecule has 0 unspecified atom stereocenters. The van der Waals surface area contributed by atoms with Gasteiger partial charge in [0, 0.05) is 5.69 Å². The van der Waals surface area contributed by atoms with Gasteiger partial charge in [-0.25, -0.2) is 4.79 Å². The van der Waals surface area contributed by atoms with Gasteiger partial charge in [0.2, 0.25) is 0 Å². The first-order chi connectivity index (χ1) is 7.72. The Hall–Kier alpha value is -1.71. The van der Waals surface area contributed by atoms with Crippen LogP contribution in [-0.2, 0) is 9.53 Å². The standard InChI is InChI=1S/C12H17NO3/c1-2-3-8-15-12(14)9-16-11-6-4-10(13)5-7-11/h4-7H,2-3,8-9,13H2,1H3. The first kappa shape index (κ1) is 12.4. The molecule has 0 atom stereocenters. The highest BCUT2D eigenvalue weighted by molar-refractivity contribution is 5.71. The molecule has 0 amide bonds. The number of nitrogen functional groups attached to an aromatic ring is 1. The van der Waals surface area contributed by atoms with Crippen LogP contribution in [0.5, 0.6) is 5.75 Å². The molecule has 0 saturated carbocycles. The number of ether oxygens (including phenoxy) is 2. The third-order valence-corrected chi connectivity index (χ3v) is 2.00. The molecule has 0 heterocycles. The molecule has 1 aromatic carbocycles. The summed E-state index contributed by atoms with van der Waals surface area (Å²) in [5.41, 5.74) is 6.18. The summed E-state index contributed by atoms with van der Waals surface area (Å²) in [5.74, 6) is 0.270. The van der Waals surface area contributed by atoms with Gasteiger partial charge < -0.3 is 15.2 Å². The van der Waals surface area contributed by atoms with Crippen LogP contribution < -0.4 is 10.5 Å². The van der Waals surface area contributed by atoms with Gasteiger partial charge in [-0.3, -0.25) is 0 Å². The predicted octanol–water partition coefficient (Wildman–Crippen LogP) is 1.99. The van der Waals surface area contributed by atoms with Gasteiger partial charge in [0.05, 0.1) is 6.61 Å². The first-order valence-corrected chi connectivity index (χ1v) is 5.36. The number of hydrogen-bond acceptors (Lipinski definition) is 4. The number of nitrogens with two attached hydrogens (primary N) is 1. The van der Waals surface area contributed by atoms with Crippen LogP contribution in [0, 0.1) is 0 Å². The fraction of sp³-hybridized carbons (Fsp3) is 0.417. The summed E-state index contributed by atoms with van der Waals surface area (Å²) in [6.07, 6.45) is 1.89. The minimum absolute atomic E-state index is 0.0619. The summed E-state index contributed by atoms with van der Waals surface area (Å²) >= 11 is 0. The lowest BCUT2D eigenvalue weighted by molar-refractivity contribution is -0.146. The highest BCUT2D eigenvalue weighted by Crippen LogP contribution is 2.12. The van der Waals surface area contributed by atoms with E-state index < -0.39 is 0 Å². The topological polar surface area (TPSA) is 61.5 Å². The van der Waals surface area contributed by atoms with Crippen LogP contribution in [0.15, 0.2) is 24.3 Å². The SMILES string of the molecule is CCCCOC(=O)COc1ccc(N)cc1. The van der Waals surface area contributed by atoms with Crippen molar-refractivity contribution in [2.45, 2.75) is 19.8 Å². The molecule has 0 radical (unpaired) electrons. The molecule has 2 N–H and O–H groups in total. The van der Waals surface area contributed by atoms with Crippen molar-refractivity contribution in [1.29, 1.82) is 0 Å². The maximum absolute atomic E-state index is 11.2. The third-order valence-electron chi connectivity index (χ3n) is 2.00. The van der Waals surface area contributed by atoms with Crippen molar-refractivity contribution in [2.75, 3.05) is 18.9 Å². The monoisotopic (exact) mass is 223 g/mol. The molecular formula is C12H17NO3. The normalized spacial score (nSPS) is 9.81. The smallest absolute Gasteiger partial charge is 0.344 e. The largest absolute Gasteiger partial charge is 0.482 e. The first-order valence-electron chi connectivity index (χ1n) is 5.36. The van der Waals surface area contributed by atoms with Crippen molar-refractivity contribution >= 4 is 11.7 Å². The van der Waals surface area contributed by atoms with Crippen LogP contribution >= 0.6 is 0 Å². The molecule has 1 rings (SSSR count). The zero-order valence-corrected chi connectivity index (χ0v) is 9.44. The van der Waals surface area contributed by atoms with Crippen LogP contribution in [0.3, 0.4) is 0 Å². The van der Waals surface area contributed by atoms with E-state index in [4.69, 9.17) is 15.2 Å². The molecule has 0 aromatic heterocycles. The number of carbonyl (C=O) groups excluding carboxylic acids is 1. The van der Waals surface area contributed by atoms with E-state index in [-0.39, 0.29) is 12.6 Å². The second-order valence-electron chi connectivity index (χ2n) is 3.43. The number of anilines is 1. The molecule has 16 heavy (non-hydrogen) atoms. The van der Waals surface area contributed by atoms with Crippen molar-refractivity contribution in [3.8, 4) is 5.75 Å². The average Bonchev–Trinajstić information content (AvgIpc) is 2.29. The Balaban J connectivity index is 2.23. The van der Waals surface area contributed by atoms with Crippen molar-refractivity contribution in [2.24, 2.45) is 0 Å². The Morgan fingerprint density at radius 2 is 2.00 bits per heavy atom. The van der Waals surface area contributed by atoms with Crippen molar-refractivity contribution in [3.63, 3.8) is 0 Å². The molecule has 0 aliphatic carbocycles. The molecule has 0 aliphatic heterocycles. The number of hydrogen-bond donors (Lipinski definition) is 1. The molecule has 4 heteroatoms. The summed E-state index contributed by atoms with van der Waals surface area (Å²) in [4.78, 5) is 11.2. The summed E-state index contributed by atoms with van der Waals surface area (Å²) in [6, 6.07) is 6.87. The summed E-state index contributed by atoms with van der Waals surface area (Å²) in [5, 5.41) is 0. The van der Waals surface area contributed by atoms with Gasteiger partial charge in [-0.1, -0.05) is 13.3 Å². The van der Waals surface area contributed by atoms with Gasteiger partial charge in [-0.05, 0) is 30.7 Å². The van der Waals surface area contributed by atoms with E-state index in [1.165, 1.54) is 0 Å². The van der Waals surface area contributed by atoms with Crippen LogP contribution in [0.2, 0.25) is 0 Å². The lowest BCUT2D eigenvalue weighted by Gasteiger charge is -2.06. The summed E-state index contributed by atoms with van der Waals surface area (Å²) in [6.45, 7) is 2.44. The molecule has 0 aliphatic rings. The minimum Gasteiger partial charge on any atom is -0.482 e. The average molecular weight is 223 g/mol. The molecule has 1 aromatic rings. The molecule has 0 fully saturated rings. The number of unbranched alkanes of at least 4 members (excludes halogenated alkanes) is 1. The molecule has 0 bridgehead atoms. The maximum atomic E-state index is 11.2. The van der Waals surface area contributed by atoms with Crippen LogP contribution in [0.4, 0.5) is 5.69 Å². The second-order valence-corrected chi connectivity index (χ2v) is 3.43.